The summed E-state index contributed by atoms with van der Waals surface area (Å²) in [7, 11) is 0. The minimum absolute atomic E-state index is 0.126. The zero-order chi connectivity index (χ0) is 17.4. The van der Waals surface area contributed by atoms with Gasteiger partial charge in [0, 0.05) is 0 Å². The van der Waals surface area contributed by atoms with Crippen molar-refractivity contribution in [1.29, 1.82) is 0 Å². The quantitative estimate of drug-likeness (QED) is 0.328. The third kappa shape index (κ3) is 5.49. The number of aryl methyl sites for hydroxylation is 1. The molecule has 0 heterocycles. The summed E-state index contributed by atoms with van der Waals surface area (Å²) < 4.78 is 0. The van der Waals surface area contributed by atoms with Gasteiger partial charge in [0.15, 0.2) is 0 Å². The van der Waals surface area contributed by atoms with Crippen LogP contribution in [0.5, 0.6) is 0 Å². The van der Waals surface area contributed by atoms with E-state index >= 15 is 0 Å². The fourth-order valence-electron chi connectivity index (χ4n) is 2.05. The predicted molar refractivity (Wildman–Crippen MR) is 103 cm³/mol. The van der Waals surface area contributed by atoms with Crippen LogP contribution in [0.2, 0.25) is 5.02 Å². The second-order valence-electron chi connectivity index (χ2n) is 4.93. The van der Waals surface area contributed by atoms with Crippen molar-refractivity contribution in [3.63, 3.8) is 0 Å². The number of nitrogens with zero attached hydrogens (tertiary/aromatic N) is 1. The molecule has 126 valence electrons. The summed E-state index contributed by atoms with van der Waals surface area (Å²) in [6.45, 7) is 2.40. The molecule has 0 fully saturated rings. The number of halogens is 1. The first kappa shape index (κ1) is 18.2. The predicted octanol–water partition coefficient (Wildman–Crippen LogP) is 3.64. The van der Waals surface area contributed by atoms with E-state index in [1.807, 2.05) is 49.4 Å². The van der Waals surface area contributed by atoms with Crippen LogP contribution in [0.3, 0.4) is 0 Å². The van der Waals surface area contributed by atoms with Gasteiger partial charge in [0.25, 0.3) is 0 Å². The number of hydrogen-bond donors (Lipinski definition) is 3. The van der Waals surface area contributed by atoms with Crippen molar-refractivity contribution in [2.45, 2.75) is 20.0 Å². The standard InChI is InChI=1S/C17H19ClN4OS/c1-2-13-9-6-10-14(18)15(13)20-16(19)21-17(24)22-23-11-12-7-4-3-5-8-12/h3-10H,2,11H2,1H3,(H4,19,20,21,22,24). The Morgan fingerprint density at radius 2 is 1.96 bits per heavy atom. The van der Waals surface area contributed by atoms with Crippen LogP contribution in [-0.4, -0.2) is 11.1 Å². The van der Waals surface area contributed by atoms with Crippen LogP contribution < -0.4 is 16.5 Å². The Balaban J connectivity index is 1.90. The number of rotatable bonds is 5. The van der Waals surface area contributed by atoms with Crippen molar-refractivity contribution in [3.8, 4) is 0 Å². The van der Waals surface area contributed by atoms with Gasteiger partial charge in [-0.2, -0.15) is 4.99 Å². The first-order valence-electron chi connectivity index (χ1n) is 7.44. The molecular formula is C17H19ClN4OS. The average Bonchev–Trinajstić information content (AvgIpc) is 2.57. The third-order valence-electron chi connectivity index (χ3n) is 3.20. The van der Waals surface area contributed by atoms with E-state index < -0.39 is 0 Å². The van der Waals surface area contributed by atoms with E-state index in [9.17, 15) is 0 Å². The second kappa shape index (κ2) is 9.22. The number of aliphatic imine (C=N–C) groups is 1. The van der Waals surface area contributed by atoms with Crippen LogP contribution in [0.25, 0.3) is 0 Å². The number of nitrogens with two attached hydrogens (primary N) is 1. The smallest absolute Gasteiger partial charge is 0.220 e. The maximum Gasteiger partial charge on any atom is 0.220 e. The van der Waals surface area contributed by atoms with Crippen LogP contribution in [0, 0.1) is 0 Å². The molecule has 0 radical (unpaired) electrons. The molecule has 0 aliphatic rings. The molecule has 2 aromatic rings. The Bertz CT molecular complexity index is 722. The lowest BCUT2D eigenvalue weighted by Crippen LogP contribution is -2.28. The largest absolute Gasteiger partial charge is 0.369 e. The fraction of sp³-hybridized carbons (Fsp3) is 0.176. The minimum Gasteiger partial charge on any atom is -0.369 e. The van der Waals surface area contributed by atoms with Gasteiger partial charge in [0.2, 0.25) is 11.1 Å². The molecule has 0 bridgehead atoms. The van der Waals surface area contributed by atoms with Crippen LogP contribution >= 0.6 is 23.8 Å². The molecule has 5 nitrogen and oxygen atoms in total. The molecule has 0 aromatic heterocycles. The minimum atomic E-state index is 0.126. The summed E-state index contributed by atoms with van der Waals surface area (Å²) in [5.41, 5.74) is 11.3. The summed E-state index contributed by atoms with van der Waals surface area (Å²) in [5, 5.41) is 3.68. The van der Waals surface area contributed by atoms with Crippen molar-refractivity contribution >= 4 is 40.6 Å². The van der Waals surface area contributed by atoms with Crippen molar-refractivity contribution in [1.82, 2.24) is 5.48 Å². The second-order valence-corrected chi connectivity index (χ2v) is 5.72. The van der Waals surface area contributed by atoms with Crippen LogP contribution in [-0.2, 0) is 17.9 Å². The van der Waals surface area contributed by atoms with E-state index in [4.69, 9.17) is 34.4 Å². The highest BCUT2D eigenvalue weighted by Crippen LogP contribution is 2.26. The molecule has 0 amide bonds. The van der Waals surface area contributed by atoms with Crippen LogP contribution in [0.15, 0.2) is 53.5 Å². The van der Waals surface area contributed by atoms with Crippen molar-refractivity contribution in [2.75, 3.05) is 5.32 Å². The molecule has 24 heavy (non-hydrogen) atoms. The molecule has 4 N–H and O–H groups in total. The van der Waals surface area contributed by atoms with Gasteiger partial charge in [0.1, 0.15) is 0 Å². The van der Waals surface area contributed by atoms with E-state index in [1.165, 1.54) is 0 Å². The number of hydrogen-bond acceptors (Lipinski definition) is 2. The molecule has 0 atom stereocenters. The zero-order valence-electron chi connectivity index (χ0n) is 13.3. The van der Waals surface area contributed by atoms with Gasteiger partial charge in [0.05, 0.1) is 17.3 Å². The summed E-state index contributed by atoms with van der Waals surface area (Å²) in [6.07, 6.45) is 0.819. The highest BCUT2D eigenvalue weighted by molar-refractivity contribution is 7.80. The molecule has 7 heteroatoms. The Morgan fingerprint density at radius 1 is 1.21 bits per heavy atom. The maximum atomic E-state index is 6.19. The fourth-order valence-corrected chi connectivity index (χ4v) is 2.45. The van der Waals surface area contributed by atoms with Gasteiger partial charge in [-0.05, 0) is 35.8 Å². The Kier molecular flexibility index (Phi) is 6.99. The maximum absolute atomic E-state index is 6.19. The van der Waals surface area contributed by atoms with Crippen LogP contribution in [0.4, 0.5) is 5.69 Å². The SMILES string of the molecule is CCc1cccc(Cl)c1NC(N)=NC(=S)NOCc1ccccc1. The molecular weight excluding hydrogens is 344 g/mol. The molecule has 0 saturated carbocycles. The zero-order valence-corrected chi connectivity index (χ0v) is 14.8. The highest BCUT2D eigenvalue weighted by Gasteiger charge is 2.07. The van der Waals surface area contributed by atoms with Crippen molar-refractivity contribution in [3.05, 3.63) is 64.7 Å². The van der Waals surface area contributed by atoms with Gasteiger partial charge in [-0.25, -0.2) is 5.48 Å². The lowest BCUT2D eigenvalue weighted by molar-refractivity contribution is 0.0722. The highest BCUT2D eigenvalue weighted by atomic mass is 35.5. The molecule has 0 unspecified atom stereocenters. The Hall–Kier alpha value is -2.15. The number of guanidine groups is 1. The van der Waals surface area contributed by atoms with Gasteiger partial charge >= 0.3 is 0 Å². The summed E-state index contributed by atoms with van der Waals surface area (Å²) in [6, 6.07) is 15.4. The average molecular weight is 363 g/mol. The number of thiocarbonyl (C=S) groups is 1. The first-order chi connectivity index (χ1) is 11.6. The molecule has 0 aliphatic carbocycles. The normalized spacial score (nSPS) is 11.2. The van der Waals surface area contributed by atoms with Crippen molar-refractivity contribution < 1.29 is 4.84 Å². The van der Waals surface area contributed by atoms with Crippen molar-refractivity contribution in [2.24, 2.45) is 10.7 Å². The van der Waals surface area contributed by atoms with E-state index in [-0.39, 0.29) is 11.1 Å². The number of para-hydroxylation sites is 1. The van der Waals surface area contributed by atoms with Crippen LogP contribution in [0.1, 0.15) is 18.1 Å². The summed E-state index contributed by atoms with van der Waals surface area (Å²) >= 11 is 11.3. The number of hydroxylamine groups is 1. The first-order valence-corrected chi connectivity index (χ1v) is 8.23. The van der Waals surface area contributed by atoms with E-state index in [0.717, 1.165) is 23.2 Å². The Morgan fingerprint density at radius 3 is 2.67 bits per heavy atom. The van der Waals surface area contributed by atoms with E-state index in [1.54, 1.807) is 6.07 Å². The van der Waals surface area contributed by atoms with Gasteiger partial charge < -0.3 is 11.1 Å². The van der Waals surface area contributed by atoms with E-state index in [0.29, 0.717) is 11.6 Å². The lowest BCUT2D eigenvalue weighted by atomic mass is 10.1. The monoisotopic (exact) mass is 362 g/mol. The number of anilines is 1. The van der Waals surface area contributed by atoms with Gasteiger partial charge in [-0.3, -0.25) is 4.84 Å². The molecule has 2 rings (SSSR count). The summed E-state index contributed by atoms with van der Waals surface area (Å²) in [5.74, 6) is 0.138. The van der Waals surface area contributed by atoms with Gasteiger partial charge in [-0.15, -0.1) is 0 Å². The van der Waals surface area contributed by atoms with E-state index in [2.05, 4.69) is 15.8 Å². The molecule has 0 aliphatic heterocycles. The third-order valence-corrected chi connectivity index (χ3v) is 3.69. The van der Waals surface area contributed by atoms with Gasteiger partial charge in [-0.1, -0.05) is 61.0 Å². The number of nitrogens with one attached hydrogen (secondary N) is 2. The summed E-state index contributed by atoms with van der Waals surface area (Å²) in [4.78, 5) is 9.33. The topological polar surface area (TPSA) is 71.7 Å². The molecule has 0 spiro atoms. The molecule has 2 aromatic carbocycles. The number of benzene rings is 2. The molecule has 0 saturated heterocycles. The Labute approximate surface area is 151 Å². The lowest BCUT2D eigenvalue weighted by Gasteiger charge is -2.12.